The molecule has 5 heteroatoms. The molecular weight excluding hydrogens is 240 g/mol. The van der Waals surface area contributed by atoms with Crippen LogP contribution in [0.4, 0.5) is 4.79 Å². The molecule has 0 unspecified atom stereocenters. The van der Waals surface area contributed by atoms with Crippen LogP contribution in [0.3, 0.4) is 0 Å². The minimum Gasteiger partial charge on any atom is -0.338 e. The lowest BCUT2D eigenvalue weighted by atomic mass is 10.3. The number of para-hydroxylation sites is 2. The van der Waals surface area contributed by atoms with Crippen LogP contribution in [0.5, 0.6) is 0 Å². The summed E-state index contributed by atoms with van der Waals surface area (Å²) in [5, 5.41) is 5.62. The summed E-state index contributed by atoms with van der Waals surface area (Å²) >= 11 is 0. The van der Waals surface area contributed by atoms with Crippen molar-refractivity contribution in [2.24, 2.45) is 7.05 Å². The molecule has 0 aliphatic rings. The van der Waals surface area contributed by atoms with Crippen LogP contribution in [0.2, 0.25) is 0 Å². The molecule has 5 nitrogen and oxygen atoms in total. The van der Waals surface area contributed by atoms with Crippen LogP contribution in [0, 0.1) is 0 Å². The van der Waals surface area contributed by atoms with E-state index in [0.29, 0.717) is 6.54 Å². The van der Waals surface area contributed by atoms with Gasteiger partial charge in [0.25, 0.3) is 0 Å². The Kier molecular flexibility index (Phi) is 4.04. The average molecular weight is 260 g/mol. The maximum atomic E-state index is 11.5. The second kappa shape index (κ2) is 5.73. The number of urea groups is 1. The first-order chi connectivity index (χ1) is 9.08. The predicted molar refractivity (Wildman–Crippen MR) is 76.1 cm³/mol. The molecule has 2 aromatic rings. The molecule has 1 aromatic carbocycles. The van der Waals surface area contributed by atoms with E-state index in [-0.39, 0.29) is 12.1 Å². The van der Waals surface area contributed by atoms with Crippen LogP contribution in [-0.2, 0) is 13.5 Å². The number of hydrogen-bond donors (Lipinski definition) is 2. The van der Waals surface area contributed by atoms with Crippen LogP contribution in [-0.4, -0.2) is 28.2 Å². The SMILES string of the molecule is CC(C)NC(=O)NCCc1nc2ccccc2n1C. The van der Waals surface area contributed by atoms with E-state index in [1.807, 2.05) is 45.2 Å². The summed E-state index contributed by atoms with van der Waals surface area (Å²) in [5.74, 6) is 0.978. The van der Waals surface area contributed by atoms with Crippen molar-refractivity contribution < 1.29 is 4.79 Å². The summed E-state index contributed by atoms with van der Waals surface area (Å²) in [6.07, 6.45) is 0.719. The van der Waals surface area contributed by atoms with Crippen LogP contribution in [0.1, 0.15) is 19.7 Å². The van der Waals surface area contributed by atoms with Crippen molar-refractivity contribution in [2.45, 2.75) is 26.3 Å². The molecule has 2 amide bonds. The summed E-state index contributed by atoms with van der Waals surface area (Å²) in [7, 11) is 2.00. The largest absolute Gasteiger partial charge is 0.338 e. The molecule has 19 heavy (non-hydrogen) atoms. The third kappa shape index (κ3) is 3.24. The molecule has 0 bridgehead atoms. The van der Waals surface area contributed by atoms with Crippen LogP contribution < -0.4 is 10.6 Å². The van der Waals surface area contributed by atoms with Gasteiger partial charge in [0.2, 0.25) is 0 Å². The van der Waals surface area contributed by atoms with E-state index < -0.39 is 0 Å². The zero-order valence-corrected chi connectivity index (χ0v) is 11.6. The lowest BCUT2D eigenvalue weighted by Crippen LogP contribution is -2.40. The minimum atomic E-state index is -0.131. The van der Waals surface area contributed by atoms with Gasteiger partial charge in [0.15, 0.2) is 0 Å². The second-order valence-electron chi connectivity index (χ2n) is 4.88. The maximum Gasteiger partial charge on any atom is 0.314 e. The smallest absolute Gasteiger partial charge is 0.314 e. The van der Waals surface area contributed by atoms with Gasteiger partial charge in [0, 0.05) is 26.1 Å². The number of nitrogens with one attached hydrogen (secondary N) is 2. The molecule has 0 spiro atoms. The number of imidazole rings is 1. The number of aryl methyl sites for hydroxylation is 1. The molecule has 2 N–H and O–H groups in total. The normalized spacial score (nSPS) is 10.9. The average Bonchev–Trinajstić information content (AvgIpc) is 2.66. The van der Waals surface area contributed by atoms with Crippen molar-refractivity contribution in [1.82, 2.24) is 20.2 Å². The van der Waals surface area contributed by atoms with Gasteiger partial charge in [-0.25, -0.2) is 9.78 Å². The van der Waals surface area contributed by atoms with Crippen molar-refractivity contribution >= 4 is 17.1 Å². The Bertz CT molecular complexity index is 574. The summed E-state index contributed by atoms with van der Waals surface area (Å²) in [6, 6.07) is 8.04. The number of aromatic nitrogens is 2. The highest BCUT2D eigenvalue weighted by atomic mass is 16.2. The number of fused-ring (bicyclic) bond motifs is 1. The van der Waals surface area contributed by atoms with E-state index in [0.717, 1.165) is 23.3 Å². The van der Waals surface area contributed by atoms with Crippen molar-refractivity contribution in [3.63, 3.8) is 0 Å². The Morgan fingerprint density at radius 1 is 1.37 bits per heavy atom. The van der Waals surface area contributed by atoms with Crippen molar-refractivity contribution in [2.75, 3.05) is 6.54 Å². The Hall–Kier alpha value is -2.04. The Morgan fingerprint density at radius 2 is 2.11 bits per heavy atom. The maximum absolute atomic E-state index is 11.5. The lowest BCUT2D eigenvalue weighted by Gasteiger charge is -2.09. The summed E-state index contributed by atoms with van der Waals surface area (Å²) in [5.41, 5.74) is 2.11. The van der Waals surface area contributed by atoms with E-state index in [1.165, 1.54) is 0 Å². The zero-order valence-electron chi connectivity index (χ0n) is 11.6. The topological polar surface area (TPSA) is 59.0 Å². The first-order valence-electron chi connectivity index (χ1n) is 6.52. The lowest BCUT2D eigenvalue weighted by molar-refractivity contribution is 0.238. The van der Waals surface area contributed by atoms with Gasteiger partial charge < -0.3 is 15.2 Å². The number of hydrogen-bond acceptors (Lipinski definition) is 2. The fraction of sp³-hybridized carbons (Fsp3) is 0.429. The number of carbonyl (C=O) groups is 1. The van der Waals surface area contributed by atoms with Crippen molar-refractivity contribution in [3.05, 3.63) is 30.1 Å². The fourth-order valence-electron chi connectivity index (χ4n) is 2.02. The summed E-state index contributed by atoms with van der Waals surface area (Å²) in [4.78, 5) is 16.0. The minimum absolute atomic E-state index is 0.131. The van der Waals surface area contributed by atoms with Gasteiger partial charge in [-0.05, 0) is 26.0 Å². The highest BCUT2D eigenvalue weighted by molar-refractivity contribution is 5.76. The first kappa shape index (κ1) is 13.4. The summed E-state index contributed by atoms with van der Waals surface area (Å²) in [6.45, 7) is 4.45. The molecule has 0 saturated heterocycles. The fourth-order valence-corrected chi connectivity index (χ4v) is 2.02. The Balaban J connectivity index is 1.95. The molecule has 0 fully saturated rings. The molecular formula is C14H20N4O. The van der Waals surface area contributed by atoms with E-state index in [2.05, 4.69) is 20.2 Å². The van der Waals surface area contributed by atoms with Crippen molar-refractivity contribution in [1.29, 1.82) is 0 Å². The first-order valence-corrected chi connectivity index (χ1v) is 6.52. The Morgan fingerprint density at radius 3 is 2.79 bits per heavy atom. The number of benzene rings is 1. The van der Waals surface area contributed by atoms with Gasteiger partial charge in [-0.1, -0.05) is 12.1 Å². The van der Waals surface area contributed by atoms with Gasteiger partial charge in [-0.3, -0.25) is 0 Å². The van der Waals surface area contributed by atoms with E-state index in [9.17, 15) is 4.79 Å². The molecule has 0 aliphatic carbocycles. The third-order valence-corrected chi connectivity index (χ3v) is 2.93. The van der Waals surface area contributed by atoms with Gasteiger partial charge in [-0.15, -0.1) is 0 Å². The monoisotopic (exact) mass is 260 g/mol. The Labute approximate surface area is 113 Å². The molecule has 102 valence electrons. The quantitative estimate of drug-likeness (QED) is 0.881. The van der Waals surface area contributed by atoms with Gasteiger partial charge in [0.05, 0.1) is 11.0 Å². The number of carbonyl (C=O) groups excluding carboxylic acids is 1. The molecule has 1 heterocycles. The molecule has 1 aromatic heterocycles. The molecule has 0 saturated carbocycles. The van der Waals surface area contributed by atoms with Gasteiger partial charge >= 0.3 is 6.03 Å². The number of nitrogens with zero attached hydrogens (tertiary/aromatic N) is 2. The number of rotatable bonds is 4. The third-order valence-electron chi connectivity index (χ3n) is 2.93. The van der Waals surface area contributed by atoms with E-state index in [4.69, 9.17) is 0 Å². The van der Waals surface area contributed by atoms with E-state index in [1.54, 1.807) is 0 Å². The standard InChI is InChI=1S/C14H20N4O/c1-10(2)16-14(19)15-9-8-13-17-11-6-4-5-7-12(11)18(13)3/h4-7,10H,8-9H2,1-3H3,(H2,15,16,19). The number of amides is 2. The second-order valence-corrected chi connectivity index (χ2v) is 4.88. The predicted octanol–water partition coefficient (Wildman–Crippen LogP) is 1.82. The van der Waals surface area contributed by atoms with Crippen LogP contribution in [0.25, 0.3) is 11.0 Å². The summed E-state index contributed by atoms with van der Waals surface area (Å²) < 4.78 is 2.07. The zero-order chi connectivity index (χ0) is 13.8. The van der Waals surface area contributed by atoms with Crippen LogP contribution in [0.15, 0.2) is 24.3 Å². The highest BCUT2D eigenvalue weighted by Crippen LogP contribution is 2.14. The van der Waals surface area contributed by atoms with Crippen molar-refractivity contribution in [3.8, 4) is 0 Å². The van der Waals surface area contributed by atoms with Gasteiger partial charge in [0.1, 0.15) is 5.82 Å². The van der Waals surface area contributed by atoms with E-state index >= 15 is 0 Å². The molecule has 0 atom stereocenters. The molecule has 2 rings (SSSR count). The molecule has 0 radical (unpaired) electrons. The highest BCUT2D eigenvalue weighted by Gasteiger charge is 2.07. The van der Waals surface area contributed by atoms with Crippen LogP contribution >= 0.6 is 0 Å². The van der Waals surface area contributed by atoms with Gasteiger partial charge in [-0.2, -0.15) is 0 Å². The molecule has 0 aliphatic heterocycles.